The van der Waals surface area contributed by atoms with Crippen molar-refractivity contribution in [3.8, 4) is 0 Å². The van der Waals surface area contributed by atoms with E-state index in [4.69, 9.17) is 5.73 Å². The lowest BCUT2D eigenvalue weighted by Gasteiger charge is -2.04. The smallest absolute Gasteiger partial charge is 0.311 e. The molecule has 84 valence electrons. The van der Waals surface area contributed by atoms with Crippen LogP contribution >= 0.6 is 0 Å². The molecule has 1 heterocycles. The van der Waals surface area contributed by atoms with Gasteiger partial charge in [-0.1, -0.05) is 5.57 Å². The monoisotopic (exact) mass is 219 g/mol. The first-order valence-electron chi connectivity index (χ1n) is 5.18. The topological polar surface area (TPSA) is 82.0 Å². The molecule has 0 atom stereocenters. The molecule has 0 saturated heterocycles. The molecular formula is C11H13N3O2. The van der Waals surface area contributed by atoms with Crippen molar-refractivity contribution in [3.05, 3.63) is 33.5 Å². The van der Waals surface area contributed by atoms with Gasteiger partial charge in [0.1, 0.15) is 0 Å². The molecule has 2 rings (SSSR count). The van der Waals surface area contributed by atoms with E-state index in [2.05, 4.69) is 11.9 Å². The zero-order valence-corrected chi connectivity index (χ0v) is 9.06. The minimum absolute atomic E-state index is 0.0231. The van der Waals surface area contributed by atoms with Gasteiger partial charge in [0.25, 0.3) is 0 Å². The summed E-state index contributed by atoms with van der Waals surface area (Å²) < 4.78 is 0. The van der Waals surface area contributed by atoms with E-state index in [1.165, 1.54) is 17.2 Å². The number of nitrogens with zero attached hydrogens (tertiary/aromatic N) is 2. The summed E-state index contributed by atoms with van der Waals surface area (Å²) in [5, 5.41) is 10.7. The lowest BCUT2D eigenvalue weighted by molar-refractivity contribution is -0.384. The summed E-state index contributed by atoms with van der Waals surface area (Å²) in [5.41, 5.74) is 8.65. The Kier molecular flexibility index (Phi) is 2.60. The Morgan fingerprint density at radius 1 is 1.50 bits per heavy atom. The van der Waals surface area contributed by atoms with E-state index in [0.29, 0.717) is 0 Å². The number of allylic oxidation sites excluding steroid dienone is 2. The second kappa shape index (κ2) is 3.92. The molecule has 1 aliphatic carbocycles. The van der Waals surface area contributed by atoms with E-state index < -0.39 is 4.92 Å². The third kappa shape index (κ3) is 1.76. The van der Waals surface area contributed by atoms with Gasteiger partial charge >= 0.3 is 5.69 Å². The van der Waals surface area contributed by atoms with E-state index in [9.17, 15) is 10.1 Å². The fourth-order valence-corrected chi connectivity index (χ4v) is 2.06. The molecule has 1 aliphatic rings. The van der Waals surface area contributed by atoms with Crippen molar-refractivity contribution >= 4 is 17.1 Å². The van der Waals surface area contributed by atoms with Gasteiger partial charge in [-0.3, -0.25) is 10.1 Å². The number of anilines is 1. The Labute approximate surface area is 93.1 Å². The number of aromatic nitrogens is 1. The van der Waals surface area contributed by atoms with Crippen LogP contribution in [0.25, 0.3) is 5.57 Å². The lowest BCUT2D eigenvalue weighted by atomic mass is 10.0. The Bertz CT molecular complexity index is 480. The second-order valence-electron chi connectivity index (χ2n) is 4.00. The molecule has 0 radical (unpaired) electrons. The molecular weight excluding hydrogens is 206 g/mol. The third-order valence-corrected chi connectivity index (χ3v) is 2.94. The highest BCUT2D eigenvalue weighted by Crippen LogP contribution is 2.35. The molecule has 2 N–H and O–H groups in total. The number of nitro groups is 1. The van der Waals surface area contributed by atoms with Crippen molar-refractivity contribution in [2.24, 2.45) is 0 Å². The molecule has 0 amide bonds. The maximum Gasteiger partial charge on any atom is 0.311 e. The number of pyridine rings is 1. The predicted molar refractivity (Wildman–Crippen MR) is 61.7 cm³/mol. The van der Waals surface area contributed by atoms with E-state index >= 15 is 0 Å². The summed E-state index contributed by atoms with van der Waals surface area (Å²) in [4.78, 5) is 14.1. The van der Waals surface area contributed by atoms with E-state index in [1.807, 2.05) is 0 Å². The summed E-state index contributed by atoms with van der Waals surface area (Å²) in [5.74, 6) is -0.0231. The highest BCUT2D eigenvalue weighted by Gasteiger charge is 2.18. The maximum atomic E-state index is 10.7. The molecule has 0 aliphatic heterocycles. The summed E-state index contributed by atoms with van der Waals surface area (Å²) in [6.07, 6.45) is 4.76. The van der Waals surface area contributed by atoms with Gasteiger partial charge in [0.2, 0.25) is 5.82 Å². The number of rotatable bonds is 2. The normalized spacial score (nSPS) is 15.6. The average molecular weight is 219 g/mol. The number of nitrogen functional groups attached to an aromatic ring is 1. The van der Waals surface area contributed by atoms with Gasteiger partial charge in [-0.25, -0.2) is 4.98 Å². The van der Waals surface area contributed by atoms with Crippen molar-refractivity contribution < 1.29 is 4.92 Å². The fourth-order valence-electron chi connectivity index (χ4n) is 2.06. The molecule has 16 heavy (non-hydrogen) atoms. The molecule has 0 bridgehead atoms. The largest absolute Gasteiger partial charge is 0.378 e. The second-order valence-corrected chi connectivity index (χ2v) is 4.00. The summed E-state index contributed by atoms with van der Waals surface area (Å²) in [6, 6.07) is 1.52. The van der Waals surface area contributed by atoms with Crippen LogP contribution in [-0.2, 0) is 0 Å². The average Bonchev–Trinajstić information content (AvgIpc) is 2.65. The Morgan fingerprint density at radius 3 is 2.81 bits per heavy atom. The number of hydrogen-bond acceptors (Lipinski definition) is 4. The van der Waals surface area contributed by atoms with E-state index in [0.717, 1.165) is 24.8 Å². The molecule has 0 fully saturated rings. The van der Waals surface area contributed by atoms with Crippen LogP contribution in [0.2, 0.25) is 0 Å². The zero-order valence-electron chi connectivity index (χ0n) is 9.06. The number of hydrogen-bond donors (Lipinski definition) is 1. The molecule has 1 aromatic rings. The van der Waals surface area contributed by atoms with Crippen LogP contribution in [0.1, 0.15) is 31.7 Å². The first-order chi connectivity index (χ1) is 7.59. The molecule has 5 heteroatoms. The van der Waals surface area contributed by atoms with Crippen LogP contribution < -0.4 is 5.73 Å². The van der Waals surface area contributed by atoms with Gasteiger partial charge in [-0.05, 0) is 31.8 Å². The van der Waals surface area contributed by atoms with Crippen LogP contribution in [0.5, 0.6) is 0 Å². The van der Waals surface area contributed by atoms with Gasteiger partial charge in [0.05, 0.1) is 4.92 Å². The standard InChI is InChI=1S/C11H13N3O2/c1-7-3-2-4-9(7)8-5-10(14(15)16)11(12)13-6-8/h5-6H,2-4H2,1H3,(H2,12,13). The van der Waals surface area contributed by atoms with Crippen molar-refractivity contribution in [3.63, 3.8) is 0 Å². The Hall–Kier alpha value is -1.91. The Balaban J connectivity index is 2.48. The highest BCUT2D eigenvalue weighted by molar-refractivity contribution is 5.72. The molecule has 0 saturated carbocycles. The first kappa shape index (κ1) is 10.6. The molecule has 0 unspecified atom stereocenters. The van der Waals surface area contributed by atoms with Crippen LogP contribution in [0.4, 0.5) is 11.5 Å². The lowest BCUT2D eigenvalue weighted by Crippen LogP contribution is -1.99. The highest BCUT2D eigenvalue weighted by atomic mass is 16.6. The third-order valence-electron chi connectivity index (χ3n) is 2.94. The fraction of sp³-hybridized carbons (Fsp3) is 0.364. The quantitative estimate of drug-likeness (QED) is 0.612. The van der Waals surface area contributed by atoms with E-state index in [-0.39, 0.29) is 11.5 Å². The molecule has 0 aromatic carbocycles. The van der Waals surface area contributed by atoms with Gasteiger partial charge in [0.15, 0.2) is 0 Å². The first-order valence-corrected chi connectivity index (χ1v) is 5.18. The minimum atomic E-state index is -0.489. The number of nitrogens with two attached hydrogens (primary N) is 1. The van der Waals surface area contributed by atoms with Crippen LogP contribution in [0.3, 0.4) is 0 Å². The van der Waals surface area contributed by atoms with Gasteiger partial charge < -0.3 is 5.73 Å². The molecule has 0 spiro atoms. The summed E-state index contributed by atoms with van der Waals surface area (Å²) in [6.45, 7) is 2.06. The van der Waals surface area contributed by atoms with Crippen molar-refractivity contribution in [2.45, 2.75) is 26.2 Å². The van der Waals surface area contributed by atoms with Gasteiger partial charge in [-0.15, -0.1) is 0 Å². The summed E-state index contributed by atoms with van der Waals surface area (Å²) >= 11 is 0. The van der Waals surface area contributed by atoms with Crippen LogP contribution in [0, 0.1) is 10.1 Å². The van der Waals surface area contributed by atoms with E-state index in [1.54, 1.807) is 6.20 Å². The molecule has 1 aromatic heterocycles. The zero-order chi connectivity index (χ0) is 11.7. The summed E-state index contributed by atoms with van der Waals surface area (Å²) in [7, 11) is 0. The minimum Gasteiger partial charge on any atom is -0.378 e. The van der Waals surface area contributed by atoms with Crippen molar-refractivity contribution in [1.82, 2.24) is 4.98 Å². The Morgan fingerprint density at radius 2 is 2.25 bits per heavy atom. The van der Waals surface area contributed by atoms with Crippen molar-refractivity contribution in [2.75, 3.05) is 5.73 Å². The predicted octanol–water partition coefficient (Wildman–Crippen LogP) is 2.53. The van der Waals surface area contributed by atoms with Crippen molar-refractivity contribution in [1.29, 1.82) is 0 Å². The maximum absolute atomic E-state index is 10.7. The van der Waals surface area contributed by atoms with Gasteiger partial charge in [-0.2, -0.15) is 0 Å². The molecule has 5 nitrogen and oxygen atoms in total. The van der Waals surface area contributed by atoms with Crippen LogP contribution in [-0.4, -0.2) is 9.91 Å². The SMILES string of the molecule is CC1=C(c2cnc(N)c([N+](=O)[O-])c2)CCC1. The van der Waals surface area contributed by atoms with Gasteiger partial charge in [0, 0.05) is 17.8 Å². The van der Waals surface area contributed by atoms with Crippen LogP contribution in [0.15, 0.2) is 17.8 Å².